The normalized spacial score (nSPS) is 19.5. The van der Waals surface area contributed by atoms with Gasteiger partial charge in [0.25, 0.3) is 0 Å². The van der Waals surface area contributed by atoms with E-state index in [0.717, 1.165) is 12.8 Å². The number of halogens is 3. The van der Waals surface area contributed by atoms with Crippen molar-refractivity contribution in [2.75, 3.05) is 45.2 Å². The molecule has 1 unspecified atom stereocenters. The summed E-state index contributed by atoms with van der Waals surface area (Å²) in [4.78, 5) is 28.7. The van der Waals surface area contributed by atoms with Crippen molar-refractivity contribution in [2.45, 2.75) is 12.8 Å². The fraction of sp³-hybridized carbons (Fsp3) is 0.360. The van der Waals surface area contributed by atoms with Gasteiger partial charge in [-0.1, -0.05) is 41.4 Å². The average molecular weight is 523 g/mol. The van der Waals surface area contributed by atoms with Gasteiger partial charge in [-0.2, -0.15) is 0 Å². The lowest BCUT2D eigenvalue weighted by molar-refractivity contribution is -0.128. The number of nitrogens with zero attached hydrogens (tertiary/aromatic N) is 2. The van der Waals surface area contributed by atoms with E-state index in [2.05, 4.69) is 11.9 Å². The van der Waals surface area contributed by atoms with Crippen molar-refractivity contribution in [1.82, 2.24) is 9.80 Å². The van der Waals surface area contributed by atoms with Gasteiger partial charge in [0.1, 0.15) is 5.75 Å². The molecule has 2 saturated heterocycles. The van der Waals surface area contributed by atoms with Crippen molar-refractivity contribution in [1.29, 1.82) is 0 Å². The van der Waals surface area contributed by atoms with Crippen molar-refractivity contribution in [3.05, 3.63) is 58.1 Å². The summed E-state index contributed by atoms with van der Waals surface area (Å²) in [6.45, 7) is 6.38. The van der Waals surface area contributed by atoms with Gasteiger partial charge in [0.05, 0.1) is 24.4 Å². The molecule has 9 heteroatoms. The van der Waals surface area contributed by atoms with Crippen LogP contribution in [0.3, 0.4) is 0 Å². The minimum Gasteiger partial charge on any atom is -0.495 e. The van der Waals surface area contributed by atoms with Gasteiger partial charge in [0.2, 0.25) is 11.8 Å². The Hall–Kier alpha value is -2.41. The smallest absolute Gasteiger partial charge is 0.245 e. The van der Waals surface area contributed by atoms with Crippen molar-refractivity contribution < 1.29 is 14.3 Å². The highest BCUT2D eigenvalue weighted by Crippen LogP contribution is 2.41. The van der Waals surface area contributed by atoms with Gasteiger partial charge in [-0.25, -0.2) is 0 Å². The molecule has 2 aliphatic rings. The Labute approximate surface area is 214 Å². The number of ether oxygens (including phenoxy) is 1. The van der Waals surface area contributed by atoms with Gasteiger partial charge in [-0.15, -0.1) is 0 Å². The Balaban J connectivity index is 1.46. The first kappa shape index (κ1) is 24.7. The molecule has 1 atom stereocenters. The second kappa shape index (κ2) is 10.1. The Morgan fingerprint density at radius 3 is 2.44 bits per heavy atom. The number of hydrogen-bond acceptors (Lipinski definition) is 4. The van der Waals surface area contributed by atoms with Crippen LogP contribution in [-0.4, -0.2) is 61.4 Å². The third kappa shape index (κ3) is 4.99. The first-order chi connectivity index (χ1) is 16.2. The van der Waals surface area contributed by atoms with Crippen molar-refractivity contribution in [2.24, 2.45) is 5.41 Å². The molecule has 2 heterocycles. The van der Waals surface area contributed by atoms with Crippen LogP contribution in [-0.2, 0) is 9.59 Å². The number of carbonyl (C=O) groups excluding carboxylic acids is 2. The van der Waals surface area contributed by atoms with E-state index in [1.165, 1.54) is 6.08 Å². The van der Waals surface area contributed by atoms with Crippen molar-refractivity contribution in [3.63, 3.8) is 0 Å². The van der Waals surface area contributed by atoms with E-state index in [9.17, 15) is 9.59 Å². The van der Waals surface area contributed by atoms with Crippen LogP contribution in [0.4, 0.5) is 5.69 Å². The summed E-state index contributed by atoms with van der Waals surface area (Å²) in [6.07, 6.45) is 3.14. The summed E-state index contributed by atoms with van der Waals surface area (Å²) in [6, 6.07) is 8.68. The van der Waals surface area contributed by atoms with E-state index in [1.807, 2.05) is 15.9 Å². The highest BCUT2D eigenvalue weighted by molar-refractivity contribution is 6.37. The Kier molecular flexibility index (Phi) is 7.31. The molecular weight excluding hydrogens is 497 g/mol. The zero-order chi connectivity index (χ0) is 24.5. The van der Waals surface area contributed by atoms with Crippen LogP contribution >= 0.6 is 34.8 Å². The Bertz CT molecular complexity index is 1140. The fourth-order valence-electron chi connectivity index (χ4n) is 4.79. The van der Waals surface area contributed by atoms with Crippen LogP contribution < -0.4 is 10.1 Å². The van der Waals surface area contributed by atoms with Gasteiger partial charge in [-0.3, -0.25) is 9.59 Å². The highest BCUT2D eigenvalue weighted by atomic mass is 35.5. The minimum absolute atomic E-state index is 0.00952. The van der Waals surface area contributed by atoms with Crippen molar-refractivity contribution in [3.8, 4) is 16.9 Å². The second-order valence-corrected chi connectivity index (χ2v) is 10.0. The lowest BCUT2D eigenvalue weighted by atomic mass is 9.86. The van der Waals surface area contributed by atoms with Crippen LogP contribution in [0.2, 0.25) is 15.1 Å². The van der Waals surface area contributed by atoms with Crippen LogP contribution in [0.1, 0.15) is 12.8 Å². The van der Waals surface area contributed by atoms with E-state index in [4.69, 9.17) is 39.5 Å². The van der Waals surface area contributed by atoms with Gasteiger partial charge in [0, 0.05) is 58.8 Å². The molecule has 180 valence electrons. The first-order valence-electron chi connectivity index (χ1n) is 11.0. The van der Waals surface area contributed by atoms with Gasteiger partial charge in [0.15, 0.2) is 0 Å². The zero-order valence-corrected chi connectivity index (χ0v) is 21.1. The quantitative estimate of drug-likeness (QED) is 0.518. The molecule has 2 aromatic rings. The number of hydrogen-bond donors (Lipinski definition) is 1. The largest absolute Gasteiger partial charge is 0.495 e. The third-order valence-electron chi connectivity index (χ3n) is 6.65. The van der Waals surface area contributed by atoms with E-state index < -0.39 is 0 Å². The molecule has 2 aromatic carbocycles. The second-order valence-electron chi connectivity index (χ2n) is 8.79. The summed E-state index contributed by atoms with van der Waals surface area (Å²) < 4.78 is 5.47. The molecule has 2 fully saturated rings. The monoisotopic (exact) mass is 521 g/mol. The Morgan fingerprint density at radius 1 is 1.06 bits per heavy atom. The summed E-state index contributed by atoms with van der Waals surface area (Å²) in [5.74, 6) is 0.463. The average Bonchev–Trinajstić information content (AvgIpc) is 3.45. The molecule has 6 nitrogen and oxygen atoms in total. The molecule has 0 radical (unpaired) electrons. The standard InChI is InChI=1S/C25H26Cl3N3O3/c1-3-23(32)30-8-6-25(14-30)7-9-31(15-25)24(33)13-29-21-11-18(20(28)12-22(21)34-2)17-10-16(26)4-5-19(17)27/h3-5,10-12,29H,1,6-9,13-15H2,2H3. The van der Waals surface area contributed by atoms with Gasteiger partial charge < -0.3 is 19.9 Å². The van der Waals surface area contributed by atoms with E-state index >= 15 is 0 Å². The summed E-state index contributed by atoms with van der Waals surface area (Å²) in [5, 5.41) is 4.71. The molecule has 0 aliphatic carbocycles. The molecule has 2 amide bonds. The summed E-state index contributed by atoms with van der Waals surface area (Å²) >= 11 is 19.0. The molecule has 1 spiro atoms. The molecule has 4 rings (SSSR count). The number of amides is 2. The number of likely N-dealkylation sites (tertiary alicyclic amines) is 2. The maximum Gasteiger partial charge on any atom is 0.245 e. The topological polar surface area (TPSA) is 61.9 Å². The maximum atomic E-state index is 13.0. The number of nitrogens with one attached hydrogen (secondary N) is 1. The number of carbonyl (C=O) groups is 2. The zero-order valence-electron chi connectivity index (χ0n) is 18.9. The van der Waals surface area contributed by atoms with Crippen LogP contribution in [0.5, 0.6) is 5.75 Å². The Morgan fingerprint density at radius 2 is 1.74 bits per heavy atom. The first-order valence-corrected chi connectivity index (χ1v) is 12.1. The highest BCUT2D eigenvalue weighted by Gasteiger charge is 2.45. The molecule has 34 heavy (non-hydrogen) atoms. The number of anilines is 1. The molecule has 0 bridgehead atoms. The van der Waals surface area contributed by atoms with Gasteiger partial charge in [-0.05, 0) is 43.2 Å². The molecule has 0 saturated carbocycles. The molecule has 0 aromatic heterocycles. The summed E-state index contributed by atoms with van der Waals surface area (Å²) in [5.41, 5.74) is 1.98. The van der Waals surface area contributed by atoms with E-state index in [-0.39, 0.29) is 23.8 Å². The minimum atomic E-state index is -0.0474. The van der Waals surface area contributed by atoms with Crippen LogP contribution in [0, 0.1) is 5.41 Å². The van der Waals surface area contributed by atoms with Crippen molar-refractivity contribution >= 4 is 52.3 Å². The van der Waals surface area contributed by atoms with E-state index in [1.54, 1.807) is 31.4 Å². The predicted octanol–water partition coefficient (Wildman–Crippen LogP) is 5.37. The number of methoxy groups -OCH3 is 1. The molecule has 2 aliphatic heterocycles. The lowest BCUT2D eigenvalue weighted by Crippen LogP contribution is -2.37. The summed E-state index contributed by atoms with van der Waals surface area (Å²) in [7, 11) is 1.55. The van der Waals surface area contributed by atoms with Crippen LogP contribution in [0.15, 0.2) is 43.0 Å². The number of rotatable bonds is 6. The predicted molar refractivity (Wildman–Crippen MR) is 137 cm³/mol. The van der Waals surface area contributed by atoms with Gasteiger partial charge >= 0.3 is 0 Å². The fourth-order valence-corrected chi connectivity index (χ4v) is 5.44. The van der Waals surface area contributed by atoms with E-state index in [0.29, 0.717) is 63.8 Å². The van der Waals surface area contributed by atoms with Crippen LogP contribution in [0.25, 0.3) is 11.1 Å². The SMILES string of the molecule is C=CC(=O)N1CCC2(CCN(C(=O)CNc3cc(-c4cc(Cl)ccc4Cl)c(Cl)cc3OC)C2)C1. The maximum absolute atomic E-state index is 13.0. The number of benzene rings is 2. The molecular formula is C25H26Cl3N3O3. The lowest BCUT2D eigenvalue weighted by Gasteiger charge is -2.24. The molecule has 1 N–H and O–H groups in total. The third-order valence-corrected chi connectivity index (χ3v) is 7.53.